The van der Waals surface area contributed by atoms with Gasteiger partial charge in [-0.15, -0.1) is 0 Å². The van der Waals surface area contributed by atoms with E-state index in [2.05, 4.69) is 16.9 Å². The summed E-state index contributed by atoms with van der Waals surface area (Å²) in [5.74, 6) is 1.49. The van der Waals surface area contributed by atoms with Gasteiger partial charge >= 0.3 is 0 Å². The molecule has 0 aromatic carbocycles. The standard InChI is InChI=1S/C12H20N2O2/c1-9(15)5-11-8-16-12(13-11)6-10-3-4-14(2)7-10/h8-10,15H,3-7H2,1-2H3. The lowest BCUT2D eigenvalue weighted by atomic mass is 10.1. The van der Waals surface area contributed by atoms with Crippen LogP contribution in [0.15, 0.2) is 10.7 Å². The Morgan fingerprint density at radius 1 is 1.69 bits per heavy atom. The van der Waals surface area contributed by atoms with E-state index in [0.717, 1.165) is 24.6 Å². The number of aromatic nitrogens is 1. The molecule has 16 heavy (non-hydrogen) atoms. The molecule has 1 N–H and O–H groups in total. The van der Waals surface area contributed by atoms with Crippen LogP contribution in [0.4, 0.5) is 0 Å². The van der Waals surface area contributed by atoms with Crippen LogP contribution in [0.3, 0.4) is 0 Å². The minimum atomic E-state index is -0.351. The molecule has 1 saturated heterocycles. The normalized spacial score (nSPS) is 23.8. The molecular formula is C12H20N2O2. The number of likely N-dealkylation sites (tertiary alicyclic amines) is 1. The van der Waals surface area contributed by atoms with Gasteiger partial charge in [0.2, 0.25) is 0 Å². The first kappa shape index (κ1) is 11.6. The third-order valence-electron chi connectivity index (χ3n) is 3.06. The maximum Gasteiger partial charge on any atom is 0.194 e. The summed E-state index contributed by atoms with van der Waals surface area (Å²) in [7, 11) is 2.15. The predicted octanol–water partition coefficient (Wildman–Crippen LogP) is 1.09. The fourth-order valence-electron chi connectivity index (χ4n) is 2.28. The smallest absolute Gasteiger partial charge is 0.194 e. The second-order valence-corrected chi connectivity index (χ2v) is 4.91. The average molecular weight is 224 g/mol. The highest BCUT2D eigenvalue weighted by atomic mass is 16.3. The summed E-state index contributed by atoms with van der Waals surface area (Å²) < 4.78 is 5.42. The lowest BCUT2D eigenvalue weighted by molar-refractivity contribution is 0.194. The lowest BCUT2D eigenvalue weighted by Crippen LogP contribution is -2.15. The summed E-state index contributed by atoms with van der Waals surface area (Å²) in [4.78, 5) is 6.73. The third kappa shape index (κ3) is 3.06. The zero-order valence-electron chi connectivity index (χ0n) is 10.0. The van der Waals surface area contributed by atoms with Gasteiger partial charge in [-0.1, -0.05) is 0 Å². The quantitative estimate of drug-likeness (QED) is 0.832. The van der Waals surface area contributed by atoms with E-state index in [-0.39, 0.29) is 6.10 Å². The molecule has 0 amide bonds. The van der Waals surface area contributed by atoms with Crippen LogP contribution in [0.5, 0.6) is 0 Å². The van der Waals surface area contributed by atoms with Crippen molar-refractivity contribution in [2.75, 3.05) is 20.1 Å². The Morgan fingerprint density at radius 3 is 3.12 bits per heavy atom. The molecule has 2 rings (SSSR count). The van der Waals surface area contributed by atoms with E-state index in [9.17, 15) is 5.11 Å². The van der Waals surface area contributed by atoms with Gasteiger partial charge in [-0.2, -0.15) is 0 Å². The summed E-state index contributed by atoms with van der Waals surface area (Å²) in [5.41, 5.74) is 0.858. The number of aliphatic hydroxyl groups is 1. The molecule has 1 aromatic heterocycles. The first-order valence-electron chi connectivity index (χ1n) is 5.93. The summed E-state index contributed by atoms with van der Waals surface area (Å²) in [6.45, 7) is 4.07. The zero-order valence-corrected chi connectivity index (χ0v) is 10.0. The average Bonchev–Trinajstić information content (AvgIpc) is 2.76. The van der Waals surface area contributed by atoms with Crippen LogP contribution in [-0.4, -0.2) is 41.2 Å². The van der Waals surface area contributed by atoms with E-state index in [1.54, 1.807) is 13.2 Å². The zero-order chi connectivity index (χ0) is 11.5. The van der Waals surface area contributed by atoms with Crippen LogP contribution in [0, 0.1) is 5.92 Å². The summed E-state index contributed by atoms with van der Waals surface area (Å²) >= 11 is 0. The Hall–Kier alpha value is -0.870. The van der Waals surface area contributed by atoms with E-state index in [4.69, 9.17) is 4.42 Å². The van der Waals surface area contributed by atoms with E-state index < -0.39 is 0 Å². The molecule has 90 valence electrons. The second kappa shape index (κ2) is 4.97. The largest absolute Gasteiger partial charge is 0.449 e. The Morgan fingerprint density at radius 2 is 2.50 bits per heavy atom. The van der Waals surface area contributed by atoms with Gasteiger partial charge < -0.3 is 14.4 Å². The van der Waals surface area contributed by atoms with Crippen LogP contribution in [0.1, 0.15) is 24.9 Å². The fourth-order valence-corrected chi connectivity index (χ4v) is 2.28. The first-order chi connectivity index (χ1) is 7.63. The molecular weight excluding hydrogens is 204 g/mol. The van der Waals surface area contributed by atoms with Crippen molar-refractivity contribution in [2.24, 2.45) is 5.92 Å². The first-order valence-corrected chi connectivity index (χ1v) is 5.93. The number of rotatable bonds is 4. The van der Waals surface area contributed by atoms with E-state index in [1.165, 1.54) is 13.0 Å². The van der Waals surface area contributed by atoms with Gasteiger partial charge in [-0.25, -0.2) is 4.98 Å². The van der Waals surface area contributed by atoms with Crippen molar-refractivity contribution >= 4 is 0 Å². The molecule has 1 fully saturated rings. The summed E-state index contributed by atoms with van der Waals surface area (Å²) in [6, 6.07) is 0. The van der Waals surface area contributed by atoms with E-state index in [0.29, 0.717) is 12.3 Å². The van der Waals surface area contributed by atoms with Crippen molar-refractivity contribution in [3.63, 3.8) is 0 Å². The van der Waals surface area contributed by atoms with Crippen molar-refractivity contribution in [2.45, 2.75) is 32.3 Å². The molecule has 4 nitrogen and oxygen atoms in total. The Bertz CT molecular complexity index is 336. The van der Waals surface area contributed by atoms with Gasteiger partial charge in [0.1, 0.15) is 6.26 Å². The van der Waals surface area contributed by atoms with Crippen LogP contribution in [-0.2, 0) is 12.8 Å². The monoisotopic (exact) mass is 224 g/mol. The second-order valence-electron chi connectivity index (χ2n) is 4.91. The SMILES string of the molecule is CC(O)Cc1coc(CC2CCN(C)C2)n1. The van der Waals surface area contributed by atoms with Crippen molar-refractivity contribution in [3.8, 4) is 0 Å². The summed E-state index contributed by atoms with van der Waals surface area (Å²) in [5, 5.41) is 9.25. The molecule has 0 bridgehead atoms. The topological polar surface area (TPSA) is 49.5 Å². The molecule has 0 spiro atoms. The van der Waals surface area contributed by atoms with Crippen molar-refractivity contribution < 1.29 is 9.52 Å². The molecule has 0 radical (unpaired) electrons. The molecule has 0 aliphatic carbocycles. The van der Waals surface area contributed by atoms with Crippen LogP contribution < -0.4 is 0 Å². The van der Waals surface area contributed by atoms with Gasteiger partial charge in [-0.05, 0) is 32.9 Å². The van der Waals surface area contributed by atoms with Crippen molar-refractivity contribution in [1.82, 2.24) is 9.88 Å². The minimum Gasteiger partial charge on any atom is -0.449 e. The highest BCUT2D eigenvalue weighted by molar-refractivity contribution is 4.99. The molecule has 4 heteroatoms. The van der Waals surface area contributed by atoms with Crippen LogP contribution in [0.2, 0.25) is 0 Å². The molecule has 1 aromatic rings. The fraction of sp³-hybridized carbons (Fsp3) is 0.750. The third-order valence-corrected chi connectivity index (χ3v) is 3.06. The summed E-state index contributed by atoms with van der Waals surface area (Å²) in [6.07, 6.45) is 4.04. The number of hydrogen-bond donors (Lipinski definition) is 1. The minimum absolute atomic E-state index is 0.351. The maximum absolute atomic E-state index is 9.25. The number of aliphatic hydroxyl groups excluding tert-OH is 1. The van der Waals surface area contributed by atoms with Crippen LogP contribution in [0.25, 0.3) is 0 Å². The Labute approximate surface area is 96.3 Å². The van der Waals surface area contributed by atoms with Gasteiger partial charge in [-0.3, -0.25) is 0 Å². The predicted molar refractivity (Wildman–Crippen MR) is 61.2 cm³/mol. The Kier molecular flexibility index (Phi) is 3.61. The maximum atomic E-state index is 9.25. The van der Waals surface area contributed by atoms with Crippen molar-refractivity contribution in [3.05, 3.63) is 17.8 Å². The van der Waals surface area contributed by atoms with E-state index in [1.807, 2.05) is 0 Å². The molecule has 2 heterocycles. The van der Waals surface area contributed by atoms with Crippen molar-refractivity contribution in [1.29, 1.82) is 0 Å². The number of nitrogens with zero attached hydrogens (tertiary/aromatic N) is 2. The lowest BCUT2D eigenvalue weighted by Gasteiger charge is -2.07. The molecule has 2 unspecified atom stereocenters. The van der Waals surface area contributed by atoms with Gasteiger partial charge in [0, 0.05) is 19.4 Å². The van der Waals surface area contributed by atoms with Gasteiger partial charge in [0.25, 0.3) is 0 Å². The molecule has 1 aliphatic rings. The van der Waals surface area contributed by atoms with Crippen LogP contribution >= 0.6 is 0 Å². The van der Waals surface area contributed by atoms with E-state index >= 15 is 0 Å². The molecule has 0 saturated carbocycles. The highest BCUT2D eigenvalue weighted by Gasteiger charge is 2.21. The molecule has 2 atom stereocenters. The Balaban J connectivity index is 1.87. The number of hydrogen-bond acceptors (Lipinski definition) is 4. The number of oxazole rings is 1. The van der Waals surface area contributed by atoms with Gasteiger partial charge in [0.15, 0.2) is 5.89 Å². The molecule has 1 aliphatic heterocycles. The highest BCUT2D eigenvalue weighted by Crippen LogP contribution is 2.19. The van der Waals surface area contributed by atoms with Gasteiger partial charge in [0.05, 0.1) is 11.8 Å².